The fourth-order valence-electron chi connectivity index (χ4n) is 4.01. The first-order valence-electron chi connectivity index (χ1n) is 7.53. The van der Waals surface area contributed by atoms with E-state index in [9.17, 15) is 33.4 Å². The highest BCUT2D eigenvalue weighted by molar-refractivity contribution is 6.05. The Morgan fingerprint density at radius 3 is 2.44 bits per heavy atom. The fraction of sp³-hybridized carbons (Fsp3) is 0.438. The summed E-state index contributed by atoms with van der Waals surface area (Å²) in [5.41, 5.74) is 1.91. The van der Waals surface area contributed by atoms with Gasteiger partial charge in [-0.05, 0) is 24.8 Å². The molecule has 0 amide bonds. The highest BCUT2D eigenvalue weighted by Gasteiger charge is 2.84. The fourth-order valence-corrected chi connectivity index (χ4v) is 4.01. The van der Waals surface area contributed by atoms with Crippen LogP contribution in [0.1, 0.15) is 18.4 Å². The molecule has 0 saturated heterocycles. The summed E-state index contributed by atoms with van der Waals surface area (Å²) in [4.78, 5) is 35.2. The van der Waals surface area contributed by atoms with Crippen LogP contribution in [0.25, 0.3) is 0 Å². The second-order valence-corrected chi connectivity index (χ2v) is 6.43. The van der Waals surface area contributed by atoms with Crippen molar-refractivity contribution in [2.45, 2.75) is 25.0 Å². The molecule has 3 unspecified atom stereocenters. The molecule has 0 aromatic heterocycles. The standard InChI is InChI=1S/C16H15F2NO6/c17-9-3-1-2-7(10(9)18)6-25-14(24)15(19)5-4-8-11(15)16(8,12(20)21)13(22)23/h1-3,8,11H,4-6,19H2,(H,20,21)(H,22,23). The number of benzene rings is 1. The van der Waals surface area contributed by atoms with Gasteiger partial charge in [-0.15, -0.1) is 0 Å². The lowest BCUT2D eigenvalue weighted by atomic mass is 9.84. The van der Waals surface area contributed by atoms with Gasteiger partial charge in [-0.2, -0.15) is 0 Å². The molecule has 2 aliphatic carbocycles. The molecule has 9 heteroatoms. The van der Waals surface area contributed by atoms with Gasteiger partial charge in [0.15, 0.2) is 17.0 Å². The third-order valence-electron chi connectivity index (χ3n) is 5.27. The van der Waals surface area contributed by atoms with Crippen LogP contribution in [-0.4, -0.2) is 33.7 Å². The van der Waals surface area contributed by atoms with E-state index in [1.807, 2.05) is 0 Å². The number of hydrogen-bond acceptors (Lipinski definition) is 5. The van der Waals surface area contributed by atoms with Crippen molar-refractivity contribution in [3.63, 3.8) is 0 Å². The summed E-state index contributed by atoms with van der Waals surface area (Å²) in [6.45, 7) is -0.591. The summed E-state index contributed by atoms with van der Waals surface area (Å²) >= 11 is 0. The van der Waals surface area contributed by atoms with Crippen LogP contribution in [0.2, 0.25) is 0 Å². The Morgan fingerprint density at radius 1 is 1.24 bits per heavy atom. The Balaban J connectivity index is 1.78. The van der Waals surface area contributed by atoms with Gasteiger partial charge < -0.3 is 20.7 Å². The Hall–Kier alpha value is -2.55. The molecule has 134 valence electrons. The van der Waals surface area contributed by atoms with Gasteiger partial charge >= 0.3 is 17.9 Å². The first kappa shape index (κ1) is 17.3. The molecule has 3 rings (SSSR count). The van der Waals surface area contributed by atoms with E-state index in [4.69, 9.17) is 10.5 Å². The molecule has 0 bridgehead atoms. The molecule has 1 aromatic rings. The number of halogens is 2. The Morgan fingerprint density at radius 2 is 1.88 bits per heavy atom. The predicted octanol–water partition coefficient (Wildman–Crippen LogP) is 0.901. The SMILES string of the molecule is NC1(C(=O)OCc2cccc(F)c2F)CCC2C1C2(C(=O)O)C(=O)O. The maximum absolute atomic E-state index is 13.6. The summed E-state index contributed by atoms with van der Waals surface area (Å²) in [7, 11) is 0. The second kappa shape index (κ2) is 5.48. The normalized spacial score (nSPS) is 28.9. The summed E-state index contributed by atoms with van der Waals surface area (Å²) in [6.07, 6.45) is 0.221. The number of carbonyl (C=O) groups excluding carboxylic acids is 1. The van der Waals surface area contributed by atoms with Crippen LogP contribution in [0.4, 0.5) is 8.78 Å². The number of esters is 1. The van der Waals surface area contributed by atoms with Crippen LogP contribution >= 0.6 is 0 Å². The average molecular weight is 355 g/mol. The molecular formula is C16H15F2NO6. The van der Waals surface area contributed by atoms with Gasteiger partial charge in [-0.1, -0.05) is 12.1 Å². The quantitative estimate of drug-likeness (QED) is 0.529. The highest BCUT2D eigenvalue weighted by atomic mass is 19.2. The van der Waals surface area contributed by atoms with E-state index in [1.54, 1.807) is 0 Å². The van der Waals surface area contributed by atoms with Crippen LogP contribution in [0.3, 0.4) is 0 Å². The third kappa shape index (κ3) is 2.22. The molecule has 2 aliphatic rings. The zero-order valence-corrected chi connectivity index (χ0v) is 12.9. The van der Waals surface area contributed by atoms with Crippen LogP contribution in [0.5, 0.6) is 0 Å². The number of ether oxygens (including phenoxy) is 1. The van der Waals surface area contributed by atoms with E-state index in [0.717, 1.165) is 6.07 Å². The molecule has 4 N–H and O–H groups in total. The molecular weight excluding hydrogens is 340 g/mol. The summed E-state index contributed by atoms with van der Waals surface area (Å²) < 4.78 is 31.7. The predicted molar refractivity (Wildman–Crippen MR) is 77.0 cm³/mol. The van der Waals surface area contributed by atoms with Gasteiger partial charge in [-0.25, -0.2) is 8.78 Å². The summed E-state index contributed by atoms with van der Waals surface area (Å²) in [6, 6.07) is 3.37. The van der Waals surface area contributed by atoms with Crippen molar-refractivity contribution in [3.05, 3.63) is 35.4 Å². The number of fused-ring (bicyclic) bond motifs is 1. The van der Waals surface area contributed by atoms with E-state index < -0.39 is 58.9 Å². The first-order valence-corrected chi connectivity index (χ1v) is 7.53. The van der Waals surface area contributed by atoms with Crippen molar-refractivity contribution >= 4 is 17.9 Å². The van der Waals surface area contributed by atoms with Gasteiger partial charge in [-0.3, -0.25) is 14.4 Å². The number of nitrogens with two attached hydrogens (primary N) is 1. The molecule has 7 nitrogen and oxygen atoms in total. The second-order valence-electron chi connectivity index (χ2n) is 6.43. The lowest BCUT2D eigenvalue weighted by molar-refractivity contribution is -0.161. The van der Waals surface area contributed by atoms with Crippen molar-refractivity contribution in [1.82, 2.24) is 0 Å². The van der Waals surface area contributed by atoms with Crippen LogP contribution in [0, 0.1) is 28.9 Å². The number of aliphatic carboxylic acids is 2. The third-order valence-corrected chi connectivity index (χ3v) is 5.27. The number of carbonyl (C=O) groups is 3. The van der Waals surface area contributed by atoms with Gasteiger partial charge in [0.25, 0.3) is 0 Å². The number of carboxylic acid groups (broad SMARTS) is 2. The molecule has 25 heavy (non-hydrogen) atoms. The number of hydrogen-bond donors (Lipinski definition) is 3. The van der Waals surface area contributed by atoms with Crippen molar-refractivity contribution in [2.24, 2.45) is 23.0 Å². The van der Waals surface area contributed by atoms with Crippen molar-refractivity contribution < 1.29 is 38.1 Å². The van der Waals surface area contributed by atoms with Crippen molar-refractivity contribution in [2.75, 3.05) is 0 Å². The topological polar surface area (TPSA) is 127 Å². The van der Waals surface area contributed by atoms with E-state index in [0.29, 0.717) is 0 Å². The number of rotatable bonds is 5. The zero-order chi connectivity index (χ0) is 18.6. The first-order chi connectivity index (χ1) is 11.7. The maximum Gasteiger partial charge on any atom is 0.326 e. The Kier molecular flexibility index (Phi) is 3.79. The molecule has 0 radical (unpaired) electrons. The van der Waals surface area contributed by atoms with Crippen molar-refractivity contribution in [1.29, 1.82) is 0 Å². The van der Waals surface area contributed by atoms with Crippen molar-refractivity contribution in [3.8, 4) is 0 Å². The smallest absolute Gasteiger partial charge is 0.326 e. The molecule has 3 atom stereocenters. The molecule has 2 saturated carbocycles. The lowest BCUT2D eigenvalue weighted by Crippen LogP contribution is -2.53. The van der Waals surface area contributed by atoms with Gasteiger partial charge in [0.1, 0.15) is 12.1 Å². The molecule has 0 aliphatic heterocycles. The van der Waals surface area contributed by atoms with E-state index in [2.05, 4.69) is 0 Å². The highest BCUT2D eigenvalue weighted by Crippen LogP contribution is 2.70. The van der Waals surface area contributed by atoms with E-state index in [-0.39, 0.29) is 18.4 Å². The number of carboxylic acids is 2. The molecule has 2 fully saturated rings. The monoisotopic (exact) mass is 355 g/mol. The molecule has 1 aromatic carbocycles. The summed E-state index contributed by atoms with van der Waals surface area (Å²) in [5, 5.41) is 18.6. The van der Waals surface area contributed by atoms with E-state index in [1.165, 1.54) is 12.1 Å². The van der Waals surface area contributed by atoms with Crippen LogP contribution < -0.4 is 5.73 Å². The lowest BCUT2D eigenvalue weighted by Gasteiger charge is -2.27. The average Bonchev–Trinajstić information content (AvgIpc) is 3.13. The van der Waals surface area contributed by atoms with Crippen LogP contribution in [-0.2, 0) is 25.7 Å². The van der Waals surface area contributed by atoms with Gasteiger partial charge in [0.05, 0.1) is 0 Å². The summed E-state index contributed by atoms with van der Waals surface area (Å²) in [5.74, 6) is -8.24. The minimum absolute atomic E-state index is 0.0646. The minimum Gasteiger partial charge on any atom is -0.480 e. The largest absolute Gasteiger partial charge is 0.480 e. The van der Waals surface area contributed by atoms with Gasteiger partial charge in [0, 0.05) is 11.5 Å². The Bertz CT molecular complexity index is 768. The molecule has 0 heterocycles. The maximum atomic E-state index is 13.6. The van der Waals surface area contributed by atoms with Gasteiger partial charge in [0.2, 0.25) is 0 Å². The molecule has 0 spiro atoms. The zero-order valence-electron chi connectivity index (χ0n) is 12.9. The van der Waals surface area contributed by atoms with E-state index >= 15 is 0 Å². The van der Waals surface area contributed by atoms with Crippen LogP contribution in [0.15, 0.2) is 18.2 Å². The Labute approximate surface area is 140 Å². The minimum atomic E-state index is -2.10.